The van der Waals surface area contributed by atoms with E-state index in [1.165, 1.54) is 0 Å². The first-order valence-electron chi connectivity index (χ1n) is 6.20. The lowest BCUT2D eigenvalue weighted by Crippen LogP contribution is -2.54. The summed E-state index contributed by atoms with van der Waals surface area (Å²) in [4.78, 5) is 0. The molecular formula is C14H19NO4. The Morgan fingerprint density at radius 2 is 1.74 bits per heavy atom. The highest BCUT2D eigenvalue weighted by Gasteiger charge is 2.27. The molecule has 0 bridgehead atoms. The predicted octanol–water partition coefficient (Wildman–Crippen LogP) is 0.547. The molecule has 5 nitrogen and oxygen atoms in total. The molecule has 0 unspecified atom stereocenters. The molecule has 0 atom stereocenters. The number of fused-ring (bicyclic) bond motifs is 1. The topological polar surface area (TPSA) is 85.9 Å². The Bertz CT molecular complexity index is 537. The third kappa shape index (κ3) is 2.64. The van der Waals surface area contributed by atoms with Crippen molar-refractivity contribution in [2.24, 2.45) is 0 Å². The van der Waals surface area contributed by atoms with Crippen LogP contribution in [0, 0.1) is 6.92 Å². The van der Waals surface area contributed by atoms with E-state index in [2.05, 4.69) is 5.32 Å². The van der Waals surface area contributed by atoms with Gasteiger partial charge in [-0.2, -0.15) is 0 Å². The third-order valence-electron chi connectivity index (χ3n) is 3.45. The summed E-state index contributed by atoms with van der Waals surface area (Å²) in [5, 5.41) is 31.8. The van der Waals surface area contributed by atoms with Crippen LogP contribution in [0.3, 0.4) is 0 Å². The van der Waals surface area contributed by atoms with Crippen LogP contribution < -0.4 is 5.32 Å². The molecule has 0 aliphatic carbocycles. The molecule has 19 heavy (non-hydrogen) atoms. The van der Waals surface area contributed by atoms with E-state index < -0.39 is 5.54 Å². The fraction of sp³-hybridized carbons (Fsp3) is 0.429. The molecule has 0 saturated carbocycles. The van der Waals surface area contributed by atoms with Crippen LogP contribution in [0.4, 0.5) is 0 Å². The summed E-state index contributed by atoms with van der Waals surface area (Å²) >= 11 is 0. The molecule has 0 amide bonds. The van der Waals surface area contributed by atoms with Crippen LogP contribution in [0.25, 0.3) is 11.0 Å². The summed E-state index contributed by atoms with van der Waals surface area (Å²) in [6.45, 7) is 1.26. The van der Waals surface area contributed by atoms with Gasteiger partial charge in [-0.1, -0.05) is 18.2 Å². The summed E-state index contributed by atoms with van der Waals surface area (Å²) in [6, 6.07) is 7.69. The third-order valence-corrected chi connectivity index (χ3v) is 3.45. The molecule has 0 aliphatic rings. The Labute approximate surface area is 111 Å². The van der Waals surface area contributed by atoms with Gasteiger partial charge in [0, 0.05) is 17.5 Å². The largest absolute Gasteiger partial charge is 0.461 e. The van der Waals surface area contributed by atoms with Gasteiger partial charge in [0.25, 0.3) is 0 Å². The monoisotopic (exact) mass is 265 g/mol. The fourth-order valence-corrected chi connectivity index (χ4v) is 2.03. The van der Waals surface area contributed by atoms with Gasteiger partial charge in [0.15, 0.2) is 0 Å². The number of rotatable bonds is 6. The summed E-state index contributed by atoms with van der Waals surface area (Å²) in [5.74, 6) is 0.788. The molecule has 1 aromatic heterocycles. The van der Waals surface area contributed by atoms with Crippen LogP contribution in [-0.4, -0.2) is 40.7 Å². The predicted molar refractivity (Wildman–Crippen MR) is 71.8 cm³/mol. The molecular weight excluding hydrogens is 246 g/mol. The molecule has 5 heteroatoms. The lowest BCUT2D eigenvalue weighted by Gasteiger charge is -2.28. The van der Waals surface area contributed by atoms with Crippen molar-refractivity contribution in [1.29, 1.82) is 0 Å². The van der Waals surface area contributed by atoms with Gasteiger partial charge in [-0.15, -0.1) is 0 Å². The average Bonchev–Trinajstić information content (AvgIpc) is 2.77. The number of aliphatic hydroxyl groups excluding tert-OH is 3. The SMILES string of the molecule is Cc1oc2ccccc2c1CNC(CO)(CO)CO. The Hall–Kier alpha value is -1.40. The smallest absolute Gasteiger partial charge is 0.134 e. The normalized spacial score (nSPS) is 12.2. The molecule has 0 aliphatic heterocycles. The minimum absolute atomic E-state index is 0.338. The minimum atomic E-state index is -1.08. The first-order valence-corrected chi connectivity index (χ1v) is 6.20. The van der Waals surface area contributed by atoms with Gasteiger partial charge in [-0.25, -0.2) is 0 Å². The van der Waals surface area contributed by atoms with Gasteiger partial charge in [-0.3, -0.25) is 0 Å². The van der Waals surface area contributed by atoms with Crippen molar-refractivity contribution >= 4 is 11.0 Å². The maximum absolute atomic E-state index is 9.28. The number of aryl methyl sites for hydroxylation is 1. The van der Waals surface area contributed by atoms with E-state index in [-0.39, 0.29) is 19.8 Å². The lowest BCUT2D eigenvalue weighted by molar-refractivity contribution is 0.0413. The molecule has 1 heterocycles. The number of hydrogen-bond donors (Lipinski definition) is 4. The Morgan fingerprint density at radius 3 is 2.37 bits per heavy atom. The summed E-state index contributed by atoms with van der Waals surface area (Å²) in [6.07, 6.45) is 0. The maximum atomic E-state index is 9.28. The van der Waals surface area contributed by atoms with Crippen LogP contribution >= 0.6 is 0 Å². The molecule has 0 saturated heterocycles. The molecule has 0 radical (unpaired) electrons. The first kappa shape index (κ1) is 14.0. The zero-order chi connectivity index (χ0) is 13.9. The fourth-order valence-electron chi connectivity index (χ4n) is 2.03. The van der Waals surface area contributed by atoms with Crippen molar-refractivity contribution < 1.29 is 19.7 Å². The second-order valence-electron chi connectivity index (χ2n) is 4.74. The van der Waals surface area contributed by atoms with Gasteiger partial charge in [0.1, 0.15) is 11.3 Å². The van der Waals surface area contributed by atoms with E-state index >= 15 is 0 Å². The molecule has 104 valence electrons. The number of aliphatic hydroxyl groups is 3. The van der Waals surface area contributed by atoms with Gasteiger partial charge in [0.05, 0.1) is 25.4 Å². The minimum Gasteiger partial charge on any atom is -0.461 e. The lowest BCUT2D eigenvalue weighted by atomic mass is 10.0. The summed E-state index contributed by atoms with van der Waals surface area (Å²) in [5.41, 5.74) is 0.694. The van der Waals surface area contributed by atoms with Crippen molar-refractivity contribution in [3.05, 3.63) is 35.6 Å². The second kappa shape index (κ2) is 5.71. The standard InChI is InChI=1S/C14H19NO4/c1-10-12(6-15-14(7-16,8-17)9-18)11-4-2-3-5-13(11)19-10/h2-5,15-18H,6-9H2,1H3. The first-order chi connectivity index (χ1) is 9.15. The van der Waals surface area contributed by atoms with E-state index in [0.717, 1.165) is 22.3 Å². The van der Waals surface area contributed by atoms with Gasteiger partial charge >= 0.3 is 0 Å². The van der Waals surface area contributed by atoms with Crippen LogP contribution in [-0.2, 0) is 6.54 Å². The average molecular weight is 265 g/mol. The second-order valence-corrected chi connectivity index (χ2v) is 4.74. The van der Waals surface area contributed by atoms with Crippen LogP contribution in [0.5, 0.6) is 0 Å². The number of para-hydroxylation sites is 1. The van der Waals surface area contributed by atoms with Crippen LogP contribution in [0.2, 0.25) is 0 Å². The van der Waals surface area contributed by atoms with Crippen LogP contribution in [0.1, 0.15) is 11.3 Å². The van der Waals surface area contributed by atoms with Crippen LogP contribution in [0.15, 0.2) is 28.7 Å². The Balaban J connectivity index is 2.24. The van der Waals surface area contributed by atoms with E-state index in [0.29, 0.717) is 6.54 Å². The molecule has 2 rings (SSSR count). The van der Waals surface area contributed by atoms with E-state index in [1.807, 2.05) is 31.2 Å². The zero-order valence-corrected chi connectivity index (χ0v) is 10.9. The van der Waals surface area contributed by atoms with Gasteiger partial charge < -0.3 is 25.1 Å². The molecule has 0 fully saturated rings. The Morgan fingerprint density at radius 1 is 1.11 bits per heavy atom. The number of benzene rings is 1. The number of furan rings is 1. The highest BCUT2D eigenvalue weighted by Crippen LogP contribution is 2.25. The van der Waals surface area contributed by atoms with Crippen molar-refractivity contribution in [3.63, 3.8) is 0 Å². The van der Waals surface area contributed by atoms with Gasteiger partial charge in [-0.05, 0) is 13.0 Å². The van der Waals surface area contributed by atoms with Crippen molar-refractivity contribution in [1.82, 2.24) is 5.32 Å². The van der Waals surface area contributed by atoms with E-state index in [4.69, 9.17) is 4.42 Å². The van der Waals surface area contributed by atoms with E-state index in [9.17, 15) is 15.3 Å². The highest BCUT2D eigenvalue weighted by atomic mass is 16.3. The van der Waals surface area contributed by atoms with Crippen molar-refractivity contribution in [3.8, 4) is 0 Å². The Kier molecular flexibility index (Phi) is 4.21. The quantitative estimate of drug-likeness (QED) is 0.613. The number of nitrogens with one attached hydrogen (secondary N) is 1. The van der Waals surface area contributed by atoms with Gasteiger partial charge in [0.2, 0.25) is 0 Å². The maximum Gasteiger partial charge on any atom is 0.134 e. The molecule has 2 aromatic rings. The molecule has 4 N–H and O–H groups in total. The molecule has 0 spiro atoms. The summed E-state index contributed by atoms with van der Waals surface area (Å²) < 4.78 is 5.64. The number of hydrogen-bond acceptors (Lipinski definition) is 5. The summed E-state index contributed by atoms with van der Waals surface area (Å²) in [7, 11) is 0. The molecule has 1 aromatic carbocycles. The van der Waals surface area contributed by atoms with E-state index in [1.54, 1.807) is 0 Å². The van der Waals surface area contributed by atoms with Crippen molar-refractivity contribution in [2.45, 2.75) is 19.0 Å². The van der Waals surface area contributed by atoms with Crippen molar-refractivity contribution in [2.75, 3.05) is 19.8 Å². The highest BCUT2D eigenvalue weighted by molar-refractivity contribution is 5.82. The zero-order valence-electron chi connectivity index (χ0n) is 10.9.